The third-order valence-corrected chi connectivity index (χ3v) is 4.93. The minimum absolute atomic E-state index is 0.830. The Bertz CT molecular complexity index is 820. The Morgan fingerprint density at radius 3 is 2.68 bits per heavy atom. The van der Waals surface area contributed by atoms with Crippen LogP contribution in [0.1, 0.15) is 12.0 Å². The molecule has 1 aliphatic rings. The Hall–Kier alpha value is -2.60. The lowest BCUT2D eigenvalue weighted by molar-refractivity contribution is 0.254. The van der Waals surface area contributed by atoms with E-state index >= 15 is 0 Å². The fourth-order valence-corrected chi connectivity index (χ4v) is 3.48. The minimum atomic E-state index is 0.830. The summed E-state index contributed by atoms with van der Waals surface area (Å²) < 4.78 is 0. The van der Waals surface area contributed by atoms with Crippen LogP contribution >= 0.6 is 0 Å². The molecule has 1 aliphatic heterocycles. The summed E-state index contributed by atoms with van der Waals surface area (Å²) in [4.78, 5) is 16.7. The first-order valence-corrected chi connectivity index (χ1v) is 8.89. The summed E-state index contributed by atoms with van der Waals surface area (Å²) in [6.07, 6.45) is 7.73. The van der Waals surface area contributed by atoms with Crippen molar-refractivity contribution < 1.29 is 0 Å². The number of hydrogen-bond donors (Lipinski definition) is 2. The van der Waals surface area contributed by atoms with E-state index in [2.05, 4.69) is 43.0 Å². The van der Waals surface area contributed by atoms with Crippen LogP contribution in [0.15, 0.2) is 42.9 Å². The van der Waals surface area contributed by atoms with E-state index in [0.29, 0.717) is 0 Å². The van der Waals surface area contributed by atoms with Crippen LogP contribution in [0.5, 0.6) is 0 Å². The van der Waals surface area contributed by atoms with E-state index in [-0.39, 0.29) is 0 Å². The van der Waals surface area contributed by atoms with Crippen molar-refractivity contribution >= 4 is 22.5 Å². The predicted octanol–water partition coefficient (Wildman–Crippen LogP) is 2.29. The van der Waals surface area contributed by atoms with Gasteiger partial charge in [0.25, 0.3) is 0 Å². The number of hydrogen-bond acceptors (Lipinski definition) is 5. The second-order valence-corrected chi connectivity index (χ2v) is 6.60. The predicted molar refractivity (Wildman–Crippen MR) is 102 cm³/mol. The van der Waals surface area contributed by atoms with Crippen molar-refractivity contribution in [3.05, 3.63) is 48.4 Å². The maximum Gasteiger partial charge on any atom is 0.225 e. The number of rotatable bonds is 5. The van der Waals surface area contributed by atoms with E-state index < -0.39 is 0 Å². The van der Waals surface area contributed by atoms with Gasteiger partial charge in [0, 0.05) is 55.7 Å². The molecule has 130 valence electrons. The molecule has 3 heterocycles. The van der Waals surface area contributed by atoms with Gasteiger partial charge in [-0.2, -0.15) is 0 Å². The minimum Gasteiger partial charge on any atom is -0.397 e. The van der Waals surface area contributed by atoms with Gasteiger partial charge in [-0.05, 0) is 43.1 Å². The highest BCUT2D eigenvalue weighted by Crippen LogP contribution is 2.22. The van der Waals surface area contributed by atoms with E-state index in [1.165, 1.54) is 5.56 Å². The number of nitrogen functional groups attached to an aromatic ring is 1. The number of piperazine rings is 1. The van der Waals surface area contributed by atoms with Gasteiger partial charge in [0.1, 0.15) is 0 Å². The van der Waals surface area contributed by atoms with Gasteiger partial charge in [-0.1, -0.05) is 6.07 Å². The molecule has 6 heteroatoms. The quantitative estimate of drug-likeness (QED) is 0.748. The Morgan fingerprint density at radius 2 is 1.88 bits per heavy atom. The number of aromatic amines is 1. The Balaban J connectivity index is 1.26. The van der Waals surface area contributed by atoms with Gasteiger partial charge < -0.3 is 15.6 Å². The van der Waals surface area contributed by atoms with E-state index in [1.54, 1.807) is 0 Å². The maximum absolute atomic E-state index is 6.00. The van der Waals surface area contributed by atoms with Crippen LogP contribution in [0.2, 0.25) is 0 Å². The second-order valence-electron chi connectivity index (χ2n) is 6.60. The largest absolute Gasteiger partial charge is 0.397 e. The fraction of sp³-hybridized carbons (Fsp3) is 0.368. The number of fused-ring (bicyclic) bond motifs is 1. The van der Waals surface area contributed by atoms with Crippen molar-refractivity contribution in [3.63, 3.8) is 0 Å². The highest BCUT2D eigenvalue weighted by atomic mass is 15.3. The number of nitrogens with two attached hydrogens (primary N) is 1. The fourth-order valence-electron chi connectivity index (χ4n) is 3.48. The smallest absolute Gasteiger partial charge is 0.225 e. The molecule has 6 nitrogen and oxygen atoms in total. The van der Waals surface area contributed by atoms with Crippen LogP contribution < -0.4 is 10.6 Å². The molecule has 0 saturated carbocycles. The first-order valence-electron chi connectivity index (χ1n) is 8.89. The van der Waals surface area contributed by atoms with Crippen LogP contribution in [0.25, 0.3) is 10.9 Å². The number of nitrogens with zero attached hydrogens (tertiary/aromatic N) is 4. The van der Waals surface area contributed by atoms with Crippen molar-refractivity contribution in [2.45, 2.75) is 12.8 Å². The number of H-pyrrole nitrogens is 1. The van der Waals surface area contributed by atoms with Gasteiger partial charge in [-0.3, -0.25) is 4.90 Å². The molecule has 1 saturated heterocycles. The summed E-state index contributed by atoms with van der Waals surface area (Å²) in [6.45, 7) is 5.26. The van der Waals surface area contributed by atoms with Gasteiger partial charge >= 0.3 is 0 Å². The highest BCUT2D eigenvalue weighted by Gasteiger charge is 2.18. The van der Waals surface area contributed by atoms with Gasteiger partial charge in [-0.15, -0.1) is 0 Å². The Morgan fingerprint density at radius 1 is 1.08 bits per heavy atom. The SMILES string of the molecule is Nc1c[nH]c2ccc(CCCN3CCN(c4ncccn4)CC3)cc12. The first kappa shape index (κ1) is 15.9. The average Bonchev–Trinajstić information content (AvgIpc) is 3.04. The molecule has 0 spiro atoms. The van der Waals surface area contributed by atoms with Crippen molar-refractivity contribution in [2.75, 3.05) is 43.4 Å². The molecule has 4 rings (SSSR count). The van der Waals surface area contributed by atoms with Crippen LogP contribution in [-0.2, 0) is 6.42 Å². The molecule has 3 N–H and O–H groups in total. The molecule has 0 unspecified atom stereocenters. The lowest BCUT2D eigenvalue weighted by Gasteiger charge is -2.34. The van der Waals surface area contributed by atoms with Gasteiger partial charge in [0.05, 0.1) is 5.69 Å². The molecule has 1 fully saturated rings. The average molecular weight is 336 g/mol. The summed E-state index contributed by atoms with van der Waals surface area (Å²) in [5.41, 5.74) is 9.30. The zero-order valence-electron chi connectivity index (χ0n) is 14.4. The molecular weight excluding hydrogens is 312 g/mol. The van der Waals surface area contributed by atoms with Crippen molar-refractivity contribution in [1.82, 2.24) is 19.9 Å². The molecule has 0 amide bonds. The third-order valence-electron chi connectivity index (χ3n) is 4.93. The van der Waals surface area contributed by atoms with E-state index in [1.807, 2.05) is 24.7 Å². The van der Waals surface area contributed by atoms with Crippen LogP contribution in [0.3, 0.4) is 0 Å². The molecule has 0 atom stereocenters. The summed E-state index contributed by atoms with van der Waals surface area (Å²) in [5.74, 6) is 0.847. The zero-order chi connectivity index (χ0) is 17.1. The molecule has 3 aromatic rings. The molecule has 2 aromatic heterocycles. The summed E-state index contributed by atoms with van der Waals surface area (Å²) in [5, 5.41) is 1.13. The molecule has 0 bridgehead atoms. The number of aromatic nitrogens is 3. The molecule has 1 aromatic carbocycles. The lowest BCUT2D eigenvalue weighted by atomic mass is 10.1. The topological polar surface area (TPSA) is 74.1 Å². The van der Waals surface area contributed by atoms with Gasteiger partial charge in [0.15, 0.2) is 0 Å². The molecule has 25 heavy (non-hydrogen) atoms. The Labute approximate surface area is 147 Å². The van der Waals surface area contributed by atoms with E-state index in [0.717, 1.165) is 68.1 Å². The van der Waals surface area contributed by atoms with Crippen LogP contribution in [0, 0.1) is 0 Å². The number of aryl methyl sites for hydroxylation is 1. The Kier molecular flexibility index (Phi) is 4.52. The number of anilines is 2. The van der Waals surface area contributed by atoms with Gasteiger partial charge in [-0.25, -0.2) is 9.97 Å². The maximum atomic E-state index is 6.00. The molecule has 0 aliphatic carbocycles. The lowest BCUT2D eigenvalue weighted by Crippen LogP contribution is -2.47. The number of nitrogens with one attached hydrogen (secondary N) is 1. The van der Waals surface area contributed by atoms with Crippen LogP contribution in [0.4, 0.5) is 11.6 Å². The molecular formula is C19H24N6. The van der Waals surface area contributed by atoms with Crippen molar-refractivity contribution in [1.29, 1.82) is 0 Å². The highest BCUT2D eigenvalue weighted by molar-refractivity contribution is 5.91. The summed E-state index contributed by atoms with van der Waals surface area (Å²) in [7, 11) is 0. The van der Waals surface area contributed by atoms with Crippen molar-refractivity contribution in [3.8, 4) is 0 Å². The zero-order valence-corrected chi connectivity index (χ0v) is 14.4. The van der Waals surface area contributed by atoms with E-state index in [4.69, 9.17) is 5.73 Å². The standard InChI is InChI=1S/C19H24N6/c20-17-14-23-18-5-4-15(13-16(17)18)3-1-8-24-9-11-25(12-10-24)19-21-6-2-7-22-19/h2,4-7,13-14,23H,1,3,8-12,20H2. The van der Waals surface area contributed by atoms with Crippen molar-refractivity contribution in [2.24, 2.45) is 0 Å². The van der Waals surface area contributed by atoms with Crippen LogP contribution in [-0.4, -0.2) is 52.6 Å². The summed E-state index contributed by atoms with van der Waals surface area (Å²) >= 11 is 0. The third kappa shape index (κ3) is 3.58. The monoisotopic (exact) mass is 336 g/mol. The number of benzene rings is 1. The normalized spacial score (nSPS) is 15.8. The molecule has 0 radical (unpaired) electrons. The van der Waals surface area contributed by atoms with E-state index in [9.17, 15) is 0 Å². The summed E-state index contributed by atoms with van der Waals surface area (Å²) in [6, 6.07) is 8.40. The first-order chi connectivity index (χ1) is 12.3. The second kappa shape index (κ2) is 7.11. The van der Waals surface area contributed by atoms with Gasteiger partial charge in [0.2, 0.25) is 5.95 Å².